The lowest BCUT2D eigenvalue weighted by atomic mass is 10.2. The quantitative estimate of drug-likeness (QED) is 0.349. The van der Waals surface area contributed by atoms with Gasteiger partial charge in [0.05, 0.1) is 11.3 Å². The number of hydrogen-bond acceptors (Lipinski definition) is 6. The predicted molar refractivity (Wildman–Crippen MR) is 125 cm³/mol. The first kappa shape index (κ1) is 20.6. The Morgan fingerprint density at radius 3 is 2.87 bits per heavy atom. The molecule has 0 aliphatic carbocycles. The topological polar surface area (TPSA) is 76.9 Å². The molecule has 0 atom stereocenters. The largest absolute Gasteiger partial charge is 0.325 e. The monoisotopic (exact) mass is 438 g/mol. The maximum Gasteiger partial charge on any atom is 0.272 e. The highest BCUT2D eigenvalue weighted by Crippen LogP contribution is 2.30. The molecule has 1 N–H and O–H groups in total. The summed E-state index contributed by atoms with van der Waals surface area (Å²) in [6, 6.07) is 11.4. The highest BCUT2D eigenvalue weighted by molar-refractivity contribution is 7.99. The molecule has 4 rings (SSSR count). The highest BCUT2D eigenvalue weighted by Gasteiger charge is 2.18. The average molecular weight is 439 g/mol. The number of rotatable bonds is 6. The van der Waals surface area contributed by atoms with Crippen LogP contribution in [0.15, 0.2) is 52.5 Å². The Labute approximate surface area is 182 Å². The summed E-state index contributed by atoms with van der Waals surface area (Å²) in [5.41, 5.74) is 2.43. The first-order chi connectivity index (χ1) is 14.4. The number of thiophene rings is 1. The van der Waals surface area contributed by atoms with Gasteiger partial charge in [0.2, 0.25) is 5.91 Å². The van der Waals surface area contributed by atoms with E-state index in [9.17, 15) is 9.59 Å². The smallest absolute Gasteiger partial charge is 0.272 e. The molecule has 0 saturated heterocycles. The lowest BCUT2D eigenvalue weighted by molar-refractivity contribution is -0.113. The van der Waals surface area contributed by atoms with E-state index in [0.29, 0.717) is 21.9 Å². The summed E-state index contributed by atoms with van der Waals surface area (Å²) in [4.78, 5) is 35.7. The van der Waals surface area contributed by atoms with Crippen LogP contribution in [-0.2, 0) is 11.3 Å². The van der Waals surface area contributed by atoms with Crippen LogP contribution >= 0.6 is 23.1 Å². The Bertz CT molecular complexity index is 1290. The molecule has 4 aromatic rings. The van der Waals surface area contributed by atoms with E-state index in [1.165, 1.54) is 23.1 Å². The zero-order chi connectivity index (χ0) is 21.3. The van der Waals surface area contributed by atoms with Crippen LogP contribution in [0.1, 0.15) is 19.4 Å². The third-order valence-electron chi connectivity index (χ3n) is 4.50. The van der Waals surface area contributed by atoms with Crippen LogP contribution in [-0.4, -0.2) is 26.2 Å². The van der Waals surface area contributed by atoms with Crippen LogP contribution in [0.5, 0.6) is 0 Å². The van der Waals surface area contributed by atoms with Crippen molar-refractivity contribution in [3.8, 4) is 0 Å². The van der Waals surface area contributed by atoms with Crippen LogP contribution in [0, 0.1) is 12.8 Å². The summed E-state index contributed by atoms with van der Waals surface area (Å²) >= 11 is 2.66. The number of nitrogens with zero attached hydrogens (tertiary/aromatic N) is 3. The summed E-state index contributed by atoms with van der Waals surface area (Å²) in [6.07, 6.45) is 1.72. The molecule has 1 aromatic carbocycles. The van der Waals surface area contributed by atoms with Gasteiger partial charge in [-0.2, -0.15) is 0 Å². The molecule has 1 amide bonds. The van der Waals surface area contributed by atoms with Crippen LogP contribution < -0.4 is 10.9 Å². The number of anilines is 1. The van der Waals surface area contributed by atoms with Gasteiger partial charge >= 0.3 is 0 Å². The molecule has 3 aromatic heterocycles. The number of aryl methyl sites for hydroxylation is 1. The van der Waals surface area contributed by atoms with Gasteiger partial charge in [-0.3, -0.25) is 14.2 Å². The lowest BCUT2D eigenvalue weighted by Gasteiger charge is -2.14. The molecule has 3 heterocycles. The Kier molecular flexibility index (Phi) is 5.87. The summed E-state index contributed by atoms with van der Waals surface area (Å²) in [7, 11) is 0. The zero-order valence-corrected chi connectivity index (χ0v) is 18.6. The van der Waals surface area contributed by atoms with Crippen molar-refractivity contribution in [3.05, 3.63) is 58.5 Å². The normalized spacial score (nSPS) is 11.5. The van der Waals surface area contributed by atoms with Crippen molar-refractivity contribution in [1.29, 1.82) is 0 Å². The van der Waals surface area contributed by atoms with Crippen LogP contribution in [0.4, 0.5) is 5.69 Å². The molecule has 0 aliphatic rings. The van der Waals surface area contributed by atoms with Crippen molar-refractivity contribution in [2.24, 2.45) is 5.92 Å². The van der Waals surface area contributed by atoms with Crippen LogP contribution in [0.25, 0.3) is 20.4 Å². The third-order valence-corrected chi connectivity index (χ3v) is 6.57. The van der Waals surface area contributed by atoms with Crippen molar-refractivity contribution in [2.45, 2.75) is 32.5 Å². The van der Waals surface area contributed by atoms with Gasteiger partial charge < -0.3 is 5.32 Å². The van der Waals surface area contributed by atoms with Crippen molar-refractivity contribution in [3.63, 3.8) is 0 Å². The SMILES string of the molecule is Cc1cccc(NC(=O)CSc2nc3c(sc4ncccc43)c(=O)n2CC(C)C)c1. The Hall–Kier alpha value is -2.71. The number of hydrogen-bond donors (Lipinski definition) is 1. The summed E-state index contributed by atoms with van der Waals surface area (Å²) in [5.74, 6) is 0.312. The molecule has 154 valence electrons. The number of pyridine rings is 1. The van der Waals surface area contributed by atoms with Gasteiger partial charge in [-0.05, 0) is 42.7 Å². The fourth-order valence-corrected chi connectivity index (χ4v) is 5.06. The third kappa shape index (κ3) is 4.24. The molecule has 0 fully saturated rings. The van der Waals surface area contributed by atoms with E-state index < -0.39 is 0 Å². The van der Waals surface area contributed by atoms with E-state index in [0.717, 1.165) is 21.5 Å². The molecule has 0 bridgehead atoms. The highest BCUT2D eigenvalue weighted by atomic mass is 32.2. The zero-order valence-electron chi connectivity index (χ0n) is 17.0. The first-order valence-electron chi connectivity index (χ1n) is 9.69. The summed E-state index contributed by atoms with van der Waals surface area (Å²) in [6.45, 7) is 6.64. The second kappa shape index (κ2) is 8.57. The Balaban J connectivity index is 1.66. The summed E-state index contributed by atoms with van der Waals surface area (Å²) < 4.78 is 2.30. The maximum atomic E-state index is 13.2. The van der Waals surface area contributed by atoms with E-state index in [1.54, 1.807) is 10.8 Å². The van der Waals surface area contributed by atoms with Gasteiger partial charge in [-0.15, -0.1) is 11.3 Å². The second-order valence-corrected chi connectivity index (χ2v) is 9.49. The van der Waals surface area contributed by atoms with E-state index in [1.807, 2.05) is 43.3 Å². The maximum absolute atomic E-state index is 13.2. The van der Waals surface area contributed by atoms with Crippen LogP contribution in [0.3, 0.4) is 0 Å². The predicted octanol–water partition coefficient (Wildman–Crippen LogP) is 4.70. The molecule has 0 aliphatic heterocycles. The van der Waals surface area contributed by atoms with Gasteiger partial charge in [0, 0.05) is 23.8 Å². The average Bonchev–Trinajstić information content (AvgIpc) is 3.07. The van der Waals surface area contributed by atoms with Gasteiger partial charge in [0.1, 0.15) is 9.53 Å². The van der Waals surface area contributed by atoms with Crippen molar-refractivity contribution in [2.75, 3.05) is 11.1 Å². The molecular formula is C22H22N4O2S2. The van der Waals surface area contributed by atoms with Gasteiger partial charge in [-0.1, -0.05) is 37.7 Å². The van der Waals surface area contributed by atoms with Gasteiger partial charge in [-0.25, -0.2) is 9.97 Å². The number of thioether (sulfide) groups is 1. The first-order valence-corrected chi connectivity index (χ1v) is 11.5. The van der Waals surface area contributed by atoms with E-state index in [4.69, 9.17) is 4.98 Å². The van der Waals surface area contributed by atoms with E-state index in [-0.39, 0.29) is 23.1 Å². The molecule has 6 nitrogen and oxygen atoms in total. The number of amides is 1. The minimum Gasteiger partial charge on any atom is -0.325 e. The number of aromatic nitrogens is 3. The number of carbonyl (C=O) groups is 1. The van der Waals surface area contributed by atoms with Gasteiger partial charge in [0.15, 0.2) is 5.16 Å². The summed E-state index contributed by atoms with van der Waals surface area (Å²) in [5, 5.41) is 4.34. The molecule has 8 heteroatoms. The van der Waals surface area contributed by atoms with Crippen molar-refractivity contribution in [1.82, 2.24) is 14.5 Å². The van der Waals surface area contributed by atoms with Crippen LogP contribution in [0.2, 0.25) is 0 Å². The minimum absolute atomic E-state index is 0.0710. The number of nitrogens with one attached hydrogen (secondary N) is 1. The fraction of sp³-hybridized carbons (Fsp3) is 0.273. The van der Waals surface area contributed by atoms with E-state index >= 15 is 0 Å². The molecule has 0 saturated carbocycles. The molecule has 0 radical (unpaired) electrons. The molecule has 0 spiro atoms. The lowest BCUT2D eigenvalue weighted by Crippen LogP contribution is -2.25. The number of benzene rings is 1. The Morgan fingerprint density at radius 1 is 1.27 bits per heavy atom. The molecular weight excluding hydrogens is 416 g/mol. The number of carbonyl (C=O) groups excluding carboxylic acids is 1. The fourth-order valence-electron chi connectivity index (χ4n) is 3.23. The second-order valence-electron chi connectivity index (χ2n) is 7.55. The minimum atomic E-state index is -0.132. The van der Waals surface area contributed by atoms with Crippen molar-refractivity contribution < 1.29 is 4.79 Å². The van der Waals surface area contributed by atoms with E-state index in [2.05, 4.69) is 24.1 Å². The standard InChI is InChI=1S/C22H22N4O2S2/c1-13(2)11-26-21(28)19-18(16-8-5-9-23-20(16)30-19)25-22(26)29-12-17(27)24-15-7-4-6-14(3)10-15/h4-10,13H,11-12H2,1-3H3,(H,24,27). The van der Waals surface area contributed by atoms with Gasteiger partial charge in [0.25, 0.3) is 5.56 Å². The van der Waals surface area contributed by atoms with Crippen molar-refractivity contribution >= 4 is 55.1 Å². The molecule has 30 heavy (non-hydrogen) atoms. The molecule has 0 unspecified atom stereocenters. The number of fused-ring (bicyclic) bond motifs is 3. The Morgan fingerprint density at radius 2 is 2.10 bits per heavy atom.